The van der Waals surface area contributed by atoms with Crippen LogP contribution in [0.25, 0.3) is 6.08 Å². The molecule has 8 nitrogen and oxygen atoms in total. The molecular weight excluding hydrogens is 370 g/mol. The third-order valence-electron chi connectivity index (χ3n) is 3.86. The standard InChI is InChI=1S/C18H21N3O5S/c1-12-14(13(2)21(3)20-12)9-10-18(23)26-11-17(22)19-15-7-5-6-8-16(15)27(4,24)25/h5-10H,11H2,1-4H3,(H,19,22)/b10-9+. The molecule has 0 atom stereocenters. The van der Waals surface area contributed by atoms with Crippen molar-refractivity contribution >= 4 is 33.5 Å². The summed E-state index contributed by atoms with van der Waals surface area (Å²) in [6, 6.07) is 6.00. The highest BCUT2D eigenvalue weighted by atomic mass is 32.2. The van der Waals surface area contributed by atoms with Gasteiger partial charge < -0.3 is 10.1 Å². The number of nitrogens with one attached hydrogen (secondary N) is 1. The van der Waals surface area contributed by atoms with Crippen molar-refractivity contribution in [1.82, 2.24) is 9.78 Å². The fourth-order valence-electron chi connectivity index (χ4n) is 2.45. The number of esters is 1. The monoisotopic (exact) mass is 391 g/mol. The zero-order chi connectivity index (χ0) is 20.2. The molecule has 1 heterocycles. The number of sulfone groups is 1. The van der Waals surface area contributed by atoms with Crippen LogP contribution >= 0.6 is 0 Å². The summed E-state index contributed by atoms with van der Waals surface area (Å²) in [6.07, 6.45) is 3.84. The Morgan fingerprint density at radius 1 is 1.26 bits per heavy atom. The van der Waals surface area contributed by atoms with Gasteiger partial charge in [-0.25, -0.2) is 13.2 Å². The third-order valence-corrected chi connectivity index (χ3v) is 5.01. The molecule has 0 bridgehead atoms. The molecule has 1 amide bonds. The van der Waals surface area contributed by atoms with Crippen molar-refractivity contribution in [2.75, 3.05) is 18.2 Å². The van der Waals surface area contributed by atoms with E-state index in [0.717, 1.165) is 23.2 Å². The van der Waals surface area contributed by atoms with Gasteiger partial charge >= 0.3 is 5.97 Å². The summed E-state index contributed by atoms with van der Waals surface area (Å²) in [4.78, 5) is 23.8. The van der Waals surface area contributed by atoms with Crippen molar-refractivity contribution in [2.24, 2.45) is 7.05 Å². The van der Waals surface area contributed by atoms with Crippen LogP contribution in [-0.4, -0.2) is 42.9 Å². The van der Waals surface area contributed by atoms with Crippen LogP contribution in [0.3, 0.4) is 0 Å². The highest BCUT2D eigenvalue weighted by Crippen LogP contribution is 2.20. The lowest BCUT2D eigenvalue weighted by Gasteiger charge is -2.09. The molecule has 144 valence electrons. The number of nitrogens with zero attached hydrogens (tertiary/aromatic N) is 2. The third kappa shape index (κ3) is 5.27. The van der Waals surface area contributed by atoms with Crippen molar-refractivity contribution in [3.05, 3.63) is 47.3 Å². The number of carbonyl (C=O) groups excluding carboxylic acids is 2. The van der Waals surface area contributed by atoms with Gasteiger partial charge in [0.05, 0.1) is 16.3 Å². The Hall–Kier alpha value is -2.94. The maximum atomic E-state index is 12.0. The van der Waals surface area contributed by atoms with Crippen LogP contribution in [0.4, 0.5) is 5.69 Å². The number of rotatable bonds is 6. The summed E-state index contributed by atoms with van der Waals surface area (Å²) in [5.74, 6) is -1.33. The van der Waals surface area contributed by atoms with Gasteiger partial charge in [-0.1, -0.05) is 12.1 Å². The first-order chi connectivity index (χ1) is 12.6. The van der Waals surface area contributed by atoms with Crippen molar-refractivity contribution in [1.29, 1.82) is 0 Å². The lowest BCUT2D eigenvalue weighted by atomic mass is 10.2. The molecule has 27 heavy (non-hydrogen) atoms. The summed E-state index contributed by atoms with van der Waals surface area (Å²) in [6.45, 7) is 3.16. The van der Waals surface area contributed by atoms with Crippen LogP contribution in [0.15, 0.2) is 35.2 Å². The molecule has 9 heteroatoms. The Balaban J connectivity index is 1.96. The van der Waals surface area contributed by atoms with E-state index in [4.69, 9.17) is 4.74 Å². The number of aryl methyl sites for hydroxylation is 2. The summed E-state index contributed by atoms with van der Waals surface area (Å²) >= 11 is 0. The SMILES string of the molecule is Cc1nn(C)c(C)c1/C=C/C(=O)OCC(=O)Nc1ccccc1S(C)(=O)=O. The molecule has 0 saturated carbocycles. The molecular formula is C18H21N3O5S. The quantitative estimate of drug-likeness (QED) is 0.592. The van der Waals surface area contributed by atoms with Crippen molar-refractivity contribution in [3.63, 3.8) is 0 Å². The first-order valence-electron chi connectivity index (χ1n) is 8.03. The van der Waals surface area contributed by atoms with Gasteiger partial charge in [0.25, 0.3) is 5.91 Å². The molecule has 1 N–H and O–H groups in total. The first-order valence-corrected chi connectivity index (χ1v) is 9.92. The van der Waals surface area contributed by atoms with Crippen molar-refractivity contribution < 1.29 is 22.7 Å². The highest BCUT2D eigenvalue weighted by Gasteiger charge is 2.15. The number of anilines is 1. The van der Waals surface area contributed by atoms with E-state index in [1.807, 2.05) is 13.8 Å². The molecule has 0 aliphatic heterocycles. The van der Waals surface area contributed by atoms with Gasteiger partial charge in [-0.2, -0.15) is 5.10 Å². The normalized spacial score (nSPS) is 11.6. The van der Waals surface area contributed by atoms with Crippen LogP contribution in [-0.2, 0) is 31.2 Å². The van der Waals surface area contributed by atoms with Gasteiger partial charge in [0, 0.05) is 30.6 Å². The Morgan fingerprint density at radius 2 is 1.93 bits per heavy atom. The number of benzene rings is 1. The van der Waals surface area contributed by atoms with E-state index in [0.29, 0.717) is 0 Å². The van der Waals surface area contributed by atoms with Gasteiger partial charge in [-0.15, -0.1) is 0 Å². The predicted octanol–water partition coefficient (Wildman–Crippen LogP) is 1.64. The van der Waals surface area contributed by atoms with Gasteiger partial charge in [-0.05, 0) is 32.1 Å². The Bertz CT molecular complexity index is 1010. The smallest absolute Gasteiger partial charge is 0.331 e. The van der Waals surface area contributed by atoms with E-state index >= 15 is 0 Å². The Kier molecular flexibility index (Phi) is 6.17. The van der Waals surface area contributed by atoms with Crippen molar-refractivity contribution in [2.45, 2.75) is 18.7 Å². The maximum absolute atomic E-state index is 12.0. The molecule has 0 aliphatic rings. The van der Waals surface area contributed by atoms with Gasteiger partial charge in [0.1, 0.15) is 0 Å². The average molecular weight is 391 g/mol. The topological polar surface area (TPSA) is 107 Å². The second kappa shape index (κ2) is 8.17. The molecule has 0 aliphatic carbocycles. The largest absolute Gasteiger partial charge is 0.452 e. The van der Waals surface area contributed by atoms with Crippen LogP contribution in [0.2, 0.25) is 0 Å². The molecule has 2 aromatic rings. The lowest BCUT2D eigenvalue weighted by molar-refractivity contribution is -0.142. The number of amides is 1. The van der Waals surface area contributed by atoms with Crippen LogP contribution in [0.5, 0.6) is 0 Å². The number of hydrogen-bond donors (Lipinski definition) is 1. The number of carbonyl (C=O) groups is 2. The lowest BCUT2D eigenvalue weighted by Crippen LogP contribution is -2.21. The first kappa shape index (κ1) is 20.4. The Morgan fingerprint density at radius 3 is 2.52 bits per heavy atom. The highest BCUT2D eigenvalue weighted by molar-refractivity contribution is 7.90. The van der Waals surface area contributed by atoms with Crippen molar-refractivity contribution in [3.8, 4) is 0 Å². The molecule has 2 rings (SSSR count). The molecule has 0 spiro atoms. The fraction of sp³-hybridized carbons (Fsp3) is 0.278. The van der Waals surface area contributed by atoms with Crippen LogP contribution in [0.1, 0.15) is 17.0 Å². The number of hydrogen-bond acceptors (Lipinski definition) is 6. The maximum Gasteiger partial charge on any atom is 0.331 e. The minimum Gasteiger partial charge on any atom is -0.452 e. The molecule has 1 aromatic heterocycles. The fourth-order valence-corrected chi connectivity index (χ4v) is 3.29. The van der Waals surface area contributed by atoms with E-state index in [2.05, 4.69) is 10.4 Å². The van der Waals surface area contributed by atoms with Gasteiger partial charge in [-0.3, -0.25) is 9.48 Å². The zero-order valence-corrected chi connectivity index (χ0v) is 16.3. The summed E-state index contributed by atoms with van der Waals surface area (Å²) in [7, 11) is -1.70. The second-order valence-electron chi connectivity index (χ2n) is 5.97. The molecule has 1 aromatic carbocycles. The second-order valence-corrected chi connectivity index (χ2v) is 7.95. The van der Waals surface area contributed by atoms with E-state index < -0.39 is 28.3 Å². The molecule has 0 saturated heterocycles. The number of ether oxygens (including phenoxy) is 1. The predicted molar refractivity (Wildman–Crippen MR) is 101 cm³/mol. The average Bonchev–Trinajstić information content (AvgIpc) is 2.83. The summed E-state index contributed by atoms with van der Waals surface area (Å²) in [5, 5.41) is 6.67. The Labute approximate surface area is 157 Å². The van der Waals surface area contributed by atoms with E-state index in [1.165, 1.54) is 18.2 Å². The van der Waals surface area contributed by atoms with Gasteiger partial charge in [0.2, 0.25) is 0 Å². The minimum atomic E-state index is -3.50. The molecule has 0 unspecified atom stereocenters. The minimum absolute atomic E-state index is 0.00731. The number of aromatic nitrogens is 2. The van der Waals surface area contributed by atoms with Crippen LogP contribution in [0, 0.1) is 13.8 Å². The van der Waals surface area contributed by atoms with E-state index in [-0.39, 0.29) is 10.6 Å². The number of para-hydroxylation sites is 1. The van der Waals surface area contributed by atoms with E-state index in [9.17, 15) is 18.0 Å². The zero-order valence-electron chi connectivity index (χ0n) is 15.5. The van der Waals surface area contributed by atoms with Gasteiger partial charge in [0.15, 0.2) is 16.4 Å². The molecule has 0 fully saturated rings. The van der Waals surface area contributed by atoms with E-state index in [1.54, 1.807) is 29.9 Å². The molecule has 0 radical (unpaired) electrons. The summed E-state index contributed by atoms with van der Waals surface area (Å²) in [5.41, 5.74) is 2.61. The van der Waals surface area contributed by atoms with Crippen LogP contribution < -0.4 is 5.32 Å². The summed E-state index contributed by atoms with van der Waals surface area (Å²) < 4.78 is 30.0.